The first-order valence-corrected chi connectivity index (χ1v) is 37.2. The van der Waals surface area contributed by atoms with E-state index in [4.69, 9.17) is 4.74 Å². The minimum atomic E-state index is -5.46. The Kier molecular flexibility index (Phi) is 28.4. The summed E-state index contributed by atoms with van der Waals surface area (Å²) in [7, 11) is 7.87. The summed E-state index contributed by atoms with van der Waals surface area (Å²) in [6, 6.07) is -7.18. The van der Waals surface area contributed by atoms with E-state index >= 15 is 37.5 Å². The van der Waals surface area contributed by atoms with Gasteiger partial charge in [0, 0.05) is 87.9 Å². The lowest BCUT2D eigenvalue weighted by Crippen LogP contribution is -2.68. The van der Waals surface area contributed by atoms with Crippen molar-refractivity contribution in [1.82, 2.24) is 60.0 Å². The van der Waals surface area contributed by atoms with Gasteiger partial charge in [0.25, 0.3) is 0 Å². The molecule has 33 heteroatoms. The van der Waals surface area contributed by atoms with Crippen molar-refractivity contribution in [3.63, 3.8) is 0 Å². The summed E-state index contributed by atoms with van der Waals surface area (Å²) in [6.07, 6.45) is -6.06. The summed E-state index contributed by atoms with van der Waals surface area (Å²) in [5.41, 5.74) is -5.23. The van der Waals surface area contributed by atoms with Crippen LogP contribution in [-0.2, 0) is 87.5 Å². The molecule has 0 unspecified atom stereocenters. The van der Waals surface area contributed by atoms with Crippen molar-refractivity contribution in [3.8, 4) is 0 Å². The first-order chi connectivity index (χ1) is 50.9. The second-order valence-electron chi connectivity index (χ2n) is 29.6. The molecule has 4 aliphatic heterocycles. The van der Waals surface area contributed by atoms with Gasteiger partial charge in [-0.3, -0.25) is 57.5 Å². The first kappa shape index (κ1) is 84.8. The van der Waals surface area contributed by atoms with Crippen LogP contribution in [0.25, 0.3) is 0 Å². The van der Waals surface area contributed by atoms with Crippen molar-refractivity contribution < 1.29 is 97.4 Å². The molecule has 12 amide bonds. The number of rotatable bonds is 12. The molecule has 1 spiro atoms. The van der Waals surface area contributed by atoms with E-state index in [0.717, 1.165) is 60.7 Å². The van der Waals surface area contributed by atoms with Crippen LogP contribution in [0, 0.1) is 23.5 Å². The van der Waals surface area contributed by atoms with Crippen molar-refractivity contribution in [3.05, 3.63) is 82.4 Å². The van der Waals surface area contributed by atoms with Crippen molar-refractivity contribution in [1.29, 1.82) is 0 Å². The molecule has 5 fully saturated rings. The van der Waals surface area contributed by atoms with Crippen LogP contribution in [0.5, 0.6) is 0 Å². The monoisotopic (exact) mass is 1530 g/mol. The molecule has 6 aliphatic rings. The summed E-state index contributed by atoms with van der Waals surface area (Å²) >= 11 is 0. The highest BCUT2D eigenvalue weighted by atomic mass is 19.4. The van der Waals surface area contributed by atoms with Gasteiger partial charge in [0.2, 0.25) is 70.9 Å². The summed E-state index contributed by atoms with van der Waals surface area (Å²) in [4.78, 5) is 191. The van der Waals surface area contributed by atoms with Gasteiger partial charge in [-0.25, -0.2) is 8.78 Å². The second kappa shape index (κ2) is 36.2. The number of likely N-dealkylation sites (tertiary alicyclic amines) is 1. The van der Waals surface area contributed by atoms with E-state index < -0.39 is 222 Å². The van der Waals surface area contributed by atoms with Crippen LogP contribution in [0.3, 0.4) is 0 Å². The zero-order chi connectivity index (χ0) is 79.6. The highest BCUT2D eigenvalue weighted by Gasteiger charge is 2.54. The van der Waals surface area contributed by atoms with Crippen LogP contribution >= 0.6 is 0 Å². The molecule has 2 bridgehead atoms. The van der Waals surface area contributed by atoms with Crippen molar-refractivity contribution in [2.45, 2.75) is 216 Å². The minimum absolute atomic E-state index is 0.00372. The maximum Gasteiger partial charge on any atom is 0.422 e. The van der Waals surface area contributed by atoms with E-state index in [1.54, 1.807) is 44.7 Å². The lowest BCUT2D eigenvalue weighted by molar-refractivity contribution is -0.158. The molecule has 596 valence electrons. The number of hydrogen-bond donors (Lipinski definition) is 3. The molecule has 0 aromatic heterocycles. The Bertz CT molecular complexity index is 3660. The maximum atomic E-state index is 15.6. The van der Waals surface area contributed by atoms with E-state index in [-0.39, 0.29) is 63.8 Å². The SMILES string of the molecule is CCO[C@@H]1C[C@H]2C(=O)NC3(CCC3)C(=O)N(C)[C@@H](C3CCCC3)C(=O)N(C)[C@H](C(=O)N3CCCC3)CC(=O)N(C)[C@@H](CC)C(=O)N[C@@H]([C@@H](C)CC)C(=O)N(C)CC(=O)N(C)[C@H]3C/C=C\CCN(C3=O)[C@@H](Cc3ccc(C(F)(F)F)cc3)C(=O)N(C)CC(=O)N[C@@H](CCc3cc(F)c(C(F)(F)F)c(F)c3)C(=O)N2C1. The zero-order valence-corrected chi connectivity index (χ0v) is 63.0. The smallest absolute Gasteiger partial charge is 0.377 e. The highest BCUT2D eigenvalue weighted by Crippen LogP contribution is 2.40. The molecule has 8 rings (SSSR count). The average Bonchev–Trinajstić information content (AvgIpc) is 1.21. The Balaban J connectivity index is 1.22. The molecular weight excluding hydrogens is 1430 g/mol. The quantitative estimate of drug-likeness (QED) is 0.172. The normalized spacial score (nSPS) is 26.8. The van der Waals surface area contributed by atoms with Crippen LogP contribution in [0.1, 0.15) is 153 Å². The number of ether oxygens (including phenoxy) is 1. The third-order valence-electron chi connectivity index (χ3n) is 22.4. The fraction of sp³-hybridized carbons (Fsp3) is 0.653. The van der Waals surface area contributed by atoms with Crippen LogP contribution in [0.4, 0.5) is 35.1 Å². The number of hydrogen-bond acceptors (Lipinski definition) is 13. The van der Waals surface area contributed by atoms with Gasteiger partial charge < -0.3 is 64.8 Å². The largest absolute Gasteiger partial charge is 0.422 e. The number of halogens is 8. The number of fused-ring (bicyclic) bond motifs is 3. The molecule has 2 aliphatic carbocycles. The number of carbonyl (C=O) groups excluding carboxylic acids is 12. The van der Waals surface area contributed by atoms with E-state index in [0.29, 0.717) is 76.6 Å². The Hall–Kier alpha value is -8.78. The number of alkyl halides is 6. The lowest BCUT2D eigenvalue weighted by Gasteiger charge is -2.46. The number of nitrogens with zero attached hydrogens (tertiary/aromatic N) is 9. The van der Waals surface area contributed by atoms with Crippen LogP contribution in [0.2, 0.25) is 0 Å². The van der Waals surface area contributed by atoms with Crippen LogP contribution in [-0.4, -0.2) is 263 Å². The lowest BCUT2D eigenvalue weighted by atomic mass is 9.74. The van der Waals surface area contributed by atoms with Gasteiger partial charge in [0.15, 0.2) is 0 Å². The molecule has 25 nitrogen and oxygen atoms in total. The minimum Gasteiger partial charge on any atom is -0.377 e. The van der Waals surface area contributed by atoms with E-state index in [1.165, 1.54) is 45.0 Å². The van der Waals surface area contributed by atoms with E-state index in [1.807, 2.05) is 0 Å². The number of aryl methyl sites for hydroxylation is 1. The summed E-state index contributed by atoms with van der Waals surface area (Å²) in [5, 5.41) is 8.26. The molecule has 2 aromatic carbocycles. The predicted octanol–water partition coefficient (Wildman–Crippen LogP) is 5.64. The summed E-state index contributed by atoms with van der Waals surface area (Å²) < 4.78 is 120. The number of benzene rings is 2. The molecule has 2 saturated carbocycles. The number of carbonyl (C=O) groups is 12. The van der Waals surface area contributed by atoms with E-state index in [9.17, 15) is 55.1 Å². The maximum absolute atomic E-state index is 15.6. The number of amides is 12. The molecule has 3 N–H and O–H groups in total. The number of likely N-dealkylation sites (N-methyl/N-ethyl adjacent to an activating group) is 6. The third kappa shape index (κ3) is 19.6. The fourth-order valence-electron chi connectivity index (χ4n) is 15.6. The predicted molar refractivity (Wildman–Crippen MR) is 376 cm³/mol. The molecule has 3 saturated heterocycles. The van der Waals surface area contributed by atoms with Crippen LogP contribution < -0.4 is 16.0 Å². The summed E-state index contributed by atoms with van der Waals surface area (Å²) in [5.74, 6) is -14.9. The Morgan fingerprint density at radius 1 is 0.639 bits per heavy atom. The van der Waals surface area contributed by atoms with Crippen molar-refractivity contribution in [2.75, 3.05) is 88.2 Å². The topological polar surface area (TPSA) is 279 Å². The number of nitrogens with one attached hydrogen (secondary N) is 3. The van der Waals surface area contributed by atoms with Crippen LogP contribution in [0.15, 0.2) is 48.6 Å². The average molecular weight is 1530 g/mol. The molecule has 0 radical (unpaired) electrons. The Morgan fingerprint density at radius 2 is 1.27 bits per heavy atom. The van der Waals surface area contributed by atoms with Gasteiger partial charge in [-0.05, 0) is 131 Å². The van der Waals surface area contributed by atoms with Crippen molar-refractivity contribution in [2.24, 2.45) is 11.8 Å². The Labute approximate surface area is 624 Å². The summed E-state index contributed by atoms with van der Waals surface area (Å²) in [6.45, 7) is 5.21. The highest BCUT2D eigenvalue weighted by molar-refractivity contribution is 6.01. The van der Waals surface area contributed by atoms with Gasteiger partial charge in [0.1, 0.15) is 71.1 Å². The fourth-order valence-corrected chi connectivity index (χ4v) is 15.6. The Morgan fingerprint density at radius 3 is 1.84 bits per heavy atom. The molecule has 108 heavy (non-hydrogen) atoms. The van der Waals surface area contributed by atoms with Crippen molar-refractivity contribution >= 4 is 70.9 Å². The van der Waals surface area contributed by atoms with Gasteiger partial charge >= 0.3 is 12.4 Å². The molecule has 10 atom stereocenters. The third-order valence-corrected chi connectivity index (χ3v) is 22.4. The standard InChI is InChI=1S/C75H102F8N12O13/c1-11-44(4)62-70(105)88(6)43-60(98)90(8)54-24-15-14-18-35-94(69(54)104)57(38-45-25-28-48(29-26-45)74(78,79)80)67(102)87(5)42-58(96)84-52(30-27-46-36-50(76)61(51(77)37-46)75(81,82)83)66(101)95-41-49(108-13-3)39-55(95)65(100)86-73(31-21-32-73)72(107)92(10)63(47-22-16-17-23-47)71(106)91(9)56(68(103)93-33-19-20-34-93)40-59(97)89(7)53(12-2)64(99)85-62/h14-15,25-26,28-29,36-37,44,47,49,52-57,62-63H,11-13,16-24,27,30-35,38-43H2,1-10H3,(H,84,96)(H,85,99)(H,86,100)/b15-14-/t44-,49+,52-,53-,54-,55-,56-,57-,62-,63-/m0/s1. The molecule has 2 aromatic rings. The van der Waals surface area contributed by atoms with Gasteiger partial charge in [0.05, 0.1) is 31.2 Å². The van der Waals surface area contributed by atoms with Gasteiger partial charge in [-0.1, -0.05) is 64.3 Å². The first-order valence-electron chi connectivity index (χ1n) is 37.2. The zero-order valence-electron chi connectivity index (χ0n) is 63.0. The van der Waals surface area contributed by atoms with E-state index in [2.05, 4.69) is 16.0 Å². The second-order valence-corrected chi connectivity index (χ2v) is 29.6. The van der Waals surface area contributed by atoms with Gasteiger partial charge in [-0.15, -0.1) is 0 Å². The van der Waals surface area contributed by atoms with Gasteiger partial charge in [-0.2, -0.15) is 26.3 Å². The molecule has 4 heterocycles. The molecular formula is C75H102F8N12O13.